The van der Waals surface area contributed by atoms with Crippen LogP contribution >= 0.6 is 0 Å². The minimum absolute atomic E-state index is 0.557. The minimum atomic E-state index is 0.557. The fraction of sp³-hybridized carbons (Fsp3) is 0.118. The Morgan fingerprint density at radius 1 is 1.05 bits per heavy atom. The molecule has 0 fully saturated rings. The Balaban J connectivity index is 1.79. The molecule has 0 atom stereocenters. The largest absolute Gasteiger partial charge is 0.488 e. The molecule has 0 aliphatic heterocycles. The van der Waals surface area contributed by atoms with Crippen molar-refractivity contribution in [1.82, 2.24) is 9.97 Å². The van der Waals surface area contributed by atoms with Crippen LogP contribution in [0.25, 0.3) is 11.3 Å². The lowest BCUT2D eigenvalue weighted by atomic mass is 10.1. The molecule has 0 amide bonds. The maximum Gasteiger partial charge on any atom is 0.129 e. The molecule has 0 unspecified atom stereocenters. The summed E-state index contributed by atoms with van der Waals surface area (Å²) in [4.78, 5) is 7.25. The van der Waals surface area contributed by atoms with Crippen molar-refractivity contribution in [1.29, 1.82) is 0 Å². The van der Waals surface area contributed by atoms with Crippen LogP contribution < -0.4 is 4.74 Å². The highest BCUT2D eigenvalue weighted by molar-refractivity contribution is 5.66. The molecule has 3 nitrogen and oxygen atoms in total. The molecule has 20 heavy (non-hydrogen) atoms. The van der Waals surface area contributed by atoms with Gasteiger partial charge in [-0.1, -0.05) is 42.0 Å². The van der Waals surface area contributed by atoms with Gasteiger partial charge in [0.15, 0.2) is 0 Å². The summed E-state index contributed by atoms with van der Waals surface area (Å²) in [5.41, 5.74) is 4.31. The predicted molar refractivity (Wildman–Crippen MR) is 79.5 cm³/mol. The molecular weight excluding hydrogens is 248 g/mol. The van der Waals surface area contributed by atoms with E-state index in [-0.39, 0.29) is 0 Å². The summed E-state index contributed by atoms with van der Waals surface area (Å²) < 4.78 is 5.93. The van der Waals surface area contributed by atoms with Crippen molar-refractivity contribution >= 4 is 0 Å². The van der Waals surface area contributed by atoms with Gasteiger partial charge in [-0.25, -0.2) is 4.98 Å². The average molecular weight is 264 g/mol. The minimum Gasteiger partial charge on any atom is -0.488 e. The molecule has 1 N–H and O–H groups in total. The van der Waals surface area contributed by atoms with E-state index in [0.717, 1.165) is 22.6 Å². The fourth-order valence-electron chi connectivity index (χ4n) is 2.06. The quantitative estimate of drug-likeness (QED) is 0.774. The van der Waals surface area contributed by atoms with E-state index >= 15 is 0 Å². The number of imidazole rings is 1. The topological polar surface area (TPSA) is 37.9 Å². The van der Waals surface area contributed by atoms with Crippen molar-refractivity contribution in [3.63, 3.8) is 0 Å². The van der Waals surface area contributed by atoms with Crippen LogP contribution in [0.4, 0.5) is 0 Å². The fourth-order valence-corrected chi connectivity index (χ4v) is 2.06. The third-order valence-electron chi connectivity index (χ3n) is 3.18. The first-order chi connectivity index (χ1) is 9.83. The molecule has 3 aromatic rings. The molecule has 0 spiro atoms. The second kappa shape index (κ2) is 5.61. The number of aromatic amines is 1. The first-order valence-electron chi connectivity index (χ1n) is 6.59. The van der Waals surface area contributed by atoms with E-state index in [9.17, 15) is 0 Å². The van der Waals surface area contributed by atoms with Crippen LogP contribution in [0.1, 0.15) is 11.1 Å². The van der Waals surface area contributed by atoms with Gasteiger partial charge in [-0.15, -0.1) is 0 Å². The summed E-state index contributed by atoms with van der Waals surface area (Å²) >= 11 is 0. The van der Waals surface area contributed by atoms with Crippen LogP contribution in [0.5, 0.6) is 5.75 Å². The van der Waals surface area contributed by atoms with E-state index in [0.29, 0.717) is 6.61 Å². The molecule has 3 heteroatoms. The van der Waals surface area contributed by atoms with E-state index in [1.165, 1.54) is 5.56 Å². The van der Waals surface area contributed by atoms with Gasteiger partial charge in [0.05, 0.1) is 12.0 Å². The highest BCUT2D eigenvalue weighted by Gasteiger charge is 2.07. The lowest BCUT2D eigenvalue weighted by Crippen LogP contribution is -1.97. The number of nitrogens with zero attached hydrogens (tertiary/aromatic N) is 1. The summed E-state index contributed by atoms with van der Waals surface area (Å²) in [6.07, 6.45) is 3.54. The van der Waals surface area contributed by atoms with Crippen LogP contribution in [0.2, 0.25) is 0 Å². The van der Waals surface area contributed by atoms with Crippen molar-refractivity contribution in [2.75, 3.05) is 0 Å². The van der Waals surface area contributed by atoms with Gasteiger partial charge in [0.25, 0.3) is 0 Å². The predicted octanol–water partition coefficient (Wildman–Crippen LogP) is 3.96. The number of ether oxygens (including phenoxy) is 1. The normalized spacial score (nSPS) is 10.4. The number of hydrogen-bond donors (Lipinski definition) is 1. The van der Waals surface area contributed by atoms with E-state index in [1.54, 1.807) is 6.33 Å². The van der Waals surface area contributed by atoms with E-state index in [2.05, 4.69) is 41.2 Å². The first kappa shape index (κ1) is 12.5. The van der Waals surface area contributed by atoms with Crippen molar-refractivity contribution in [3.8, 4) is 17.0 Å². The SMILES string of the molecule is Cc1ccc(COc2ccccc2-c2c[nH]cn2)cc1. The number of H-pyrrole nitrogens is 1. The van der Waals surface area contributed by atoms with Crippen molar-refractivity contribution in [2.45, 2.75) is 13.5 Å². The molecule has 0 radical (unpaired) electrons. The third-order valence-corrected chi connectivity index (χ3v) is 3.18. The van der Waals surface area contributed by atoms with Crippen LogP contribution in [-0.2, 0) is 6.61 Å². The first-order valence-corrected chi connectivity index (χ1v) is 6.59. The summed E-state index contributed by atoms with van der Waals surface area (Å²) in [7, 11) is 0. The molecule has 1 heterocycles. The highest BCUT2D eigenvalue weighted by Crippen LogP contribution is 2.28. The van der Waals surface area contributed by atoms with Gasteiger partial charge in [-0.2, -0.15) is 0 Å². The van der Waals surface area contributed by atoms with Gasteiger partial charge in [-0.05, 0) is 24.6 Å². The summed E-state index contributed by atoms with van der Waals surface area (Å²) in [6.45, 7) is 2.64. The molecule has 1 aromatic heterocycles. The molecule has 0 saturated heterocycles. The molecular formula is C17H16N2O. The summed E-state index contributed by atoms with van der Waals surface area (Å²) in [5, 5.41) is 0. The van der Waals surface area contributed by atoms with E-state index < -0.39 is 0 Å². The van der Waals surface area contributed by atoms with Crippen LogP contribution in [0.3, 0.4) is 0 Å². The Hall–Kier alpha value is -2.55. The van der Waals surface area contributed by atoms with E-state index in [1.807, 2.05) is 30.5 Å². The molecule has 0 bridgehead atoms. The Kier molecular flexibility index (Phi) is 3.50. The smallest absolute Gasteiger partial charge is 0.129 e. The standard InChI is InChI=1S/C17H16N2O/c1-13-6-8-14(9-7-13)11-20-17-5-3-2-4-15(17)16-10-18-12-19-16/h2-10,12H,11H2,1H3,(H,18,19). The Labute approximate surface area is 118 Å². The zero-order valence-corrected chi connectivity index (χ0v) is 11.3. The van der Waals surface area contributed by atoms with E-state index in [4.69, 9.17) is 4.74 Å². The average Bonchev–Trinajstić information content (AvgIpc) is 3.01. The zero-order valence-electron chi connectivity index (χ0n) is 11.3. The summed E-state index contributed by atoms with van der Waals surface area (Å²) in [6, 6.07) is 16.3. The summed E-state index contributed by atoms with van der Waals surface area (Å²) in [5.74, 6) is 0.847. The number of benzene rings is 2. The number of rotatable bonds is 4. The second-order valence-electron chi connectivity index (χ2n) is 4.72. The number of nitrogens with one attached hydrogen (secondary N) is 1. The van der Waals surface area contributed by atoms with Crippen molar-refractivity contribution < 1.29 is 4.74 Å². The number of para-hydroxylation sites is 1. The Bertz CT molecular complexity index is 672. The molecule has 0 saturated carbocycles. The molecule has 3 rings (SSSR count). The maximum absolute atomic E-state index is 5.93. The van der Waals surface area contributed by atoms with Crippen LogP contribution in [0, 0.1) is 6.92 Å². The molecule has 0 aliphatic carbocycles. The number of aryl methyl sites for hydroxylation is 1. The highest BCUT2D eigenvalue weighted by atomic mass is 16.5. The number of hydrogen-bond acceptors (Lipinski definition) is 2. The van der Waals surface area contributed by atoms with Gasteiger partial charge in [-0.3, -0.25) is 0 Å². The maximum atomic E-state index is 5.93. The van der Waals surface area contributed by atoms with Gasteiger partial charge in [0.1, 0.15) is 12.4 Å². The molecule has 100 valence electrons. The van der Waals surface area contributed by atoms with Crippen LogP contribution in [-0.4, -0.2) is 9.97 Å². The monoisotopic (exact) mass is 264 g/mol. The zero-order chi connectivity index (χ0) is 13.8. The van der Waals surface area contributed by atoms with Crippen molar-refractivity contribution in [3.05, 3.63) is 72.2 Å². The molecule has 2 aromatic carbocycles. The van der Waals surface area contributed by atoms with Crippen LogP contribution in [0.15, 0.2) is 61.1 Å². The van der Waals surface area contributed by atoms with Gasteiger partial charge >= 0.3 is 0 Å². The molecule has 0 aliphatic rings. The second-order valence-corrected chi connectivity index (χ2v) is 4.72. The van der Waals surface area contributed by atoms with Gasteiger partial charge < -0.3 is 9.72 Å². The Morgan fingerprint density at radius 2 is 1.85 bits per heavy atom. The van der Waals surface area contributed by atoms with Gasteiger partial charge in [0, 0.05) is 11.8 Å². The number of aromatic nitrogens is 2. The lowest BCUT2D eigenvalue weighted by molar-refractivity contribution is 0.307. The van der Waals surface area contributed by atoms with Gasteiger partial charge in [0.2, 0.25) is 0 Å². The third kappa shape index (κ3) is 2.72. The lowest BCUT2D eigenvalue weighted by Gasteiger charge is -2.10. The van der Waals surface area contributed by atoms with Crippen molar-refractivity contribution in [2.24, 2.45) is 0 Å². The Morgan fingerprint density at radius 3 is 2.60 bits per heavy atom.